The first-order valence-electron chi connectivity index (χ1n) is 10.7. The first kappa shape index (κ1) is 23.5. The Labute approximate surface area is 192 Å². The summed E-state index contributed by atoms with van der Waals surface area (Å²) in [6.07, 6.45) is -4.30. The standard InChI is InChI=1S/C24H22F4N4O2/c1-3-20-18-9-14(5-7-21(18)32-31-20)30-23(34)10-16-12(2)29-22(33)11-17(16)15-6-4-13(8-19(15)25)24(26,27)28/h4-9,17H,3,10-11H2,1-2H3,(H,29,33)(H,30,34)(H,31,32). The Bertz CT molecular complexity index is 1310. The largest absolute Gasteiger partial charge is 0.416 e. The van der Waals surface area contributed by atoms with E-state index >= 15 is 0 Å². The lowest BCUT2D eigenvalue weighted by atomic mass is 9.82. The number of halogens is 4. The van der Waals surface area contributed by atoms with E-state index in [2.05, 4.69) is 20.8 Å². The van der Waals surface area contributed by atoms with Gasteiger partial charge in [-0.1, -0.05) is 13.0 Å². The second-order valence-corrected chi connectivity index (χ2v) is 8.20. The molecule has 3 N–H and O–H groups in total. The molecule has 0 bridgehead atoms. The first-order valence-corrected chi connectivity index (χ1v) is 10.7. The van der Waals surface area contributed by atoms with Gasteiger partial charge in [0.15, 0.2) is 0 Å². The molecule has 3 aromatic rings. The molecule has 1 unspecified atom stereocenters. The minimum atomic E-state index is -4.69. The van der Waals surface area contributed by atoms with Crippen molar-refractivity contribution in [2.75, 3.05) is 5.32 Å². The Kier molecular flexibility index (Phi) is 6.16. The maximum atomic E-state index is 14.7. The van der Waals surface area contributed by atoms with Crippen LogP contribution in [0.25, 0.3) is 10.9 Å². The molecule has 1 atom stereocenters. The van der Waals surface area contributed by atoms with E-state index in [1.165, 1.54) is 0 Å². The third-order valence-electron chi connectivity index (χ3n) is 5.94. The maximum absolute atomic E-state index is 14.7. The van der Waals surface area contributed by atoms with Crippen LogP contribution in [0.2, 0.25) is 0 Å². The van der Waals surface area contributed by atoms with E-state index < -0.39 is 35.3 Å². The molecule has 1 aliphatic rings. The molecule has 0 spiro atoms. The number of alkyl halides is 3. The summed E-state index contributed by atoms with van der Waals surface area (Å²) in [6, 6.07) is 7.51. The van der Waals surface area contributed by atoms with Crippen LogP contribution >= 0.6 is 0 Å². The molecule has 1 aromatic heterocycles. The minimum Gasteiger partial charge on any atom is -0.330 e. The van der Waals surface area contributed by atoms with Crippen LogP contribution in [-0.2, 0) is 22.2 Å². The number of rotatable bonds is 5. The summed E-state index contributed by atoms with van der Waals surface area (Å²) in [5.74, 6) is -2.73. The molecule has 0 saturated carbocycles. The van der Waals surface area contributed by atoms with Crippen molar-refractivity contribution in [2.24, 2.45) is 0 Å². The van der Waals surface area contributed by atoms with Gasteiger partial charge in [0.25, 0.3) is 0 Å². The van der Waals surface area contributed by atoms with Crippen molar-refractivity contribution in [3.63, 3.8) is 0 Å². The molecule has 2 heterocycles. The Hall–Kier alpha value is -3.69. The van der Waals surface area contributed by atoms with Crippen LogP contribution in [0.15, 0.2) is 47.7 Å². The number of nitrogens with one attached hydrogen (secondary N) is 3. The van der Waals surface area contributed by atoms with Crippen molar-refractivity contribution in [1.29, 1.82) is 0 Å². The third kappa shape index (κ3) is 4.66. The SMILES string of the molecule is CCc1[nH]nc2ccc(NC(=O)CC3=C(C)NC(=O)CC3c3ccc(C(F)(F)F)cc3F)cc12. The quantitative estimate of drug-likeness (QED) is 0.445. The highest BCUT2D eigenvalue weighted by molar-refractivity contribution is 5.96. The normalized spacial score (nSPS) is 16.6. The number of H-pyrrole nitrogens is 1. The molecule has 4 rings (SSSR count). The number of aryl methyl sites for hydroxylation is 1. The molecule has 0 fully saturated rings. The van der Waals surface area contributed by atoms with Gasteiger partial charge in [-0.05, 0) is 54.8 Å². The molecule has 1 aliphatic heterocycles. The highest BCUT2D eigenvalue weighted by Gasteiger charge is 2.34. The van der Waals surface area contributed by atoms with E-state index in [1.807, 2.05) is 6.92 Å². The van der Waals surface area contributed by atoms with Crippen LogP contribution in [0.1, 0.15) is 49.4 Å². The predicted molar refractivity (Wildman–Crippen MR) is 118 cm³/mol. The monoisotopic (exact) mass is 474 g/mol. The molecule has 2 amide bonds. The summed E-state index contributed by atoms with van der Waals surface area (Å²) < 4.78 is 53.5. The van der Waals surface area contributed by atoms with Crippen molar-refractivity contribution >= 4 is 28.4 Å². The number of allylic oxidation sites excluding steroid dienone is 1. The number of aromatic nitrogens is 2. The van der Waals surface area contributed by atoms with Gasteiger partial charge in [0.1, 0.15) is 5.82 Å². The lowest BCUT2D eigenvalue weighted by Crippen LogP contribution is -2.32. The summed E-state index contributed by atoms with van der Waals surface area (Å²) in [5, 5.41) is 13.5. The van der Waals surface area contributed by atoms with E-state index in [-0.39, 0.29) is 18.4 Å². The second kappa shape index (κ2) is 8.92. The Balaban J connectivity index is 1.59. The molecule has 0 saturated heterocycles. The average molecular weight is 474 g/mol. The highest BCUT2D eigenvalue weighted by atomic mass is 19.4. The van der Waals surface area contributed by atoms with Crippen LogP contribution in [0.5, 0.6) is 0 Å². The zero-order valence-corrected chi connectivity index (χ0v) is 18.4. The minimum absolute atomic E-state index is 0.0580. The second-order valence-electron chi connectivity index (χ2n) is 8.20. The van der Waals surface area contributed by atoms with Crippen LogP contribution in [0, 0.1) is 5.82 Å². The van der Waals surface area contributed by atoms with Gasteiger partial charge in [0, 0.05) is 34.8 Å². The number of benzene rings is 2. The maximum Gasteiger partial charge on any atom is 0.416 e. The lowest BCUT2D eigenvalue weighted by molar-refractivity contribution is -0.137. The number of nitrogens with zero attached hydrogens (tertiary/aromatic N) is 1. The number of hydrogen-bond acceptors (Lipinski definition) is 3. The average Bonchev–Trinajstić information content (AvgIpc) is 3.17. The van der Waals surface area contributed by atoms with E-state index in [0.29, 0.717) is 23.0 Å². The van der Waals surface area contributed by atoms with Gasteiger partial charge in [-0.25, -0.2) is 4.39 Å². The summed E-state index contributed by atoms with van der Waals surface area (Å²) >= 11 is 0. The molecule has 0 radical (unpaired) electrons. The number of aromatic amines is 1. The van der Waals surface area contributed by atoms with Gasteiger partial charge in [0.05, 0.1) is 17.5 Å². The third-order valence-corrected chi connectivity index (χ3v) is 5.94. The van der Waals surface area contributed by atoms with Gasteiger partial charge in [0.2, 0.25) is 11.8 Å². The van der Waals surface area contributed by atoms with E-state index in [0.717, 1.165) is 35.2 Å². The zero-order valence-electron chi connectivity index (χ0n) is 18.4. The fourth-order valence-electron chi connectivity index (χ4n) is 4.24. The van der Waals surface area contributed by atoms with E-state index in [4.69, 9.17) is 0 Å². The molecule has 34 heavy (non-hydrogen) atoms. The molecule has 178 valence electrons. The van der Waals surface area contributed by atoms with Gasteiger partial charge >= 0.3 is 6.18 Å². The Morgan fingerprint density at radius 2 is 1.97 bits per heavy atom. The number of amides is 2. The van der Waals surface area contributed by atoms with Crippen molar-refractivity contribution in [3.05, 3.63) is 70.3 Å². The van der Waals surface area contributed by atoms with E-state index in [9.17, 15) is 27.2 Å². The van der Waals surface area contributed by atoms with Crippen molar-refractivity contribution in [2.45, 2.75) is 45.2 Å². The fraction of sp³-hybridized carbons (Fsp3) is 0.292. The number of fused-ring (bicyclic) bond motifs is 1. The molecule has 2 aromatic carbocycles. The smallest absolute Gasteiger partial charge is 0.330 e. The Morgan fingerprint density at radius 1 is 1.21 bits per heavy atom. The zero-order chi connectivity index (χ0) is 24.6. The van der Waals surface area contributed by atoms with Crippen molar-refractivity contribution in [1.82, 2.24) is 15.5 Å². The summed E-state index contributed by atoms with van der Waals surface area (Å²) in [6.45, 7) is 3.56. The molecule has 6 nitrogen and oxygen atoms in total. The summed E-state index contributed by atoms with van der Waals surface area (Å²) in [4.78, 5) is 25.0. The molecule has 0 aliphatic carbocycles. The van der Waals surface area contributed by atoms with E-state index in [1.54, 1.807) is 25.1 Å². The number of carbonyl (C=O) groups excluding carboxylic acids is 2. The summed E-state index contributed by atoms with van der Waals surface area (Å²) in [5.41, 5.74) is 1.89. The molecular weight excluding hydrogens is 452 g/mol. The lowest BCUT2D eigenvalue weighted by Gasteiger charge is -2.28. The van der Waals surface area contributed by atoms with Gasteiger partial charge in [-0.15, -0.1) is 0 Å². The van der Waals surface area contributed by atoms with Crippen molar-refractivity contribution in [3.8, 4) is 0 Å². The van der Waals surface area contributed by atoms with Crippen LogP contribution in [0.3, 0.4) is 0 Å². The van der Waals surface area contributed by atoms with Gasteiger partial charge in [-0.2, -0.15) is 18.3 Å². The van der Waals surface area contributed by atoms with Crippen LogP contribution < -0.4 is 10.6 Å². The topological polar surface area (TPSA) is 86.9 Å². The number of hydrogen-bond donors (Lipinski definition) is 3. The van der Waals surface area contributed by atoms with Gasteiger partial charge < -0.3 is 10.6 Å². The highest BCUT2D eigenvalue weighted by Crippen LogP contribution is 2.38. The van der Waals surface area contributed by atoms with Crippen LogP contribution in [0.4, 0.5) is 23.2 Å². The number of carbonyl (C=O) groups is 2. The number of anilines is 1. The first-order chi connectivity index (χ1) is 16.1. The Morgan fingerprint density at radius 3 is 2.65 bits per heavy atom. The van der Waals surface area contributed by atoms with Gasteiger partial charge in [-0.3, -0.25) is 14.7 Å². The molecular formula is C24H22F4N4O2. The summed E-state index contributed by atoms with van der Waals surface area (Å²) in [7, 11) is 0. The predicted octanol–water partition coefficient (Wildman–Crippen LogP) is 5.19. The van der Waals surface area contributed by atoms with Crippen LogP contribution in [-0.4, -0.2) is 22.0 Å². The van der Waals surface area contributed by atoms with Crippen molar-refractivity contribution < 1.29 is 27.2 Å². The molecule has 10 heteroatoms. The fourth-order valence-corrected chi connectivity index (χ4v) is 4.24.